The summed E-state index contributed by atoms with van der Waals surface area (Å²) in [6.45, 7) is 5.20. The van der Waals surface area contributed by atoms with Crippen molar-refractivity contribution in [3.8, 4) is 0 Å². The number of nitrogens with zero attached hydrogens (tertiary/aromatic N) is 2. The second-order valence-electron chi connectivity index (χ2n) is 5.48. The van der Waals surface area contributed by atoms with Crippen molar-refractivity contribution in [2.24, 2.45) is 5.73 Å². The lowest BCUT2D eigenvalue weighted by atomic mass is 10.1. The van der Waals surface area contributed by atoms with Gasteiger partial charge < -0.3 is 20.6 Å². The number of nitrogens with two attached hydrogens (primary N) is 1. The van der Waals surface area contributed by atoms with Crippen molar-refractivity contribution in [1.29, 1.82) is 0 Å². The predicted octanol–water partition coefficient (Wildman–Crippen LogP) is 1.26. The van der Waals surface area contributed by atoms with Crippen molar-refractivity contribution in [3.05, 3.63) is 23.8 Å². The molecule has 1 heterocycles. The lowest BCUT2D eigenvalue weighted by Crippen LogP contribution is -2.32. The number of hydrogen-bond donors (Lipinski definition) is 2. The Balaban J connectivity index is 2.33. The van der Waals surface area contributed by atoms with Gasteiger partial charge in [-0.1, -0.05) is 6.07 Å². The molecule has 2 rings (SSSR count). The van der Waals surface area contributed by atoms with E-state index in [0.717, 1.165) is 29.9 Å². The Morgan fingerprint density at radius 2 is 2.15 bits per heavy atom. The molecule has 1 aliphatic rings. The number of rotatable bonds is 5. The Kier molecular flexibility index (Phi) is 4.30. The van der Waals surface area contributed by atoms with Crippen LogP contribution < -0.4 is 15.5 Å². The van der Waals surface area contributed by atoms with E-state index in [9.17, 15) is 4.79 Å². The Labute approximate surface area is 120 Å². The van der Waals surface area contributed by atoms with Gasteiger partial charge in [0.2, 0.25) is 5.91 Å². The topological polar surface area (TPSA) is 69.8 Å². The van der Waals surface area contributed by atoms with Gasteiger partial charge in [-0.2, -0.15) is 0 Å². The molecule has 1 atom stereocenters. The van der Waals surface area contributed by atoms with Crippen molar-refractivity contribution < 1.29 is 9.90 Å². The van der Waals surface area contributed by atoms with Crippen molar-refractivity contribution in [2.75, 3.05) is 30.0 Å². The number of likely N-dealkylation sites (N-methyl/N-ethyl adjacent to an activating group) is 1. The minimum absolute atomic E-state index is 0.0661. The molecular formula is C15H23N3O2. The lowest BCUT2D eigenvalue weighted by Gasteiger charge is -2.29. The van der Waals surface area contributed by atoms with E-state index in [1.54, 1.807) is 11.9 Å². The third kappa shape index (κ3) is 2.51. The molecule has 110 valence electrons. The summed E-state index contributed by atoms with van der Waals surface area (Å²) in [5, 5.41) is 9.01. The van der Waals surface area contributed by atoms with Crippen LogP contribution >= 0.6 is 0 Å². The molecule has 0 aromatic heterocycles. The van der Waals surface area contributed by atoms with Gasteiger partial charge in [0.25, 0.3) is 0 Å². The number of carbonyl (C=O) groups is 1. The normalized spacial score (nSPS) is 17.8. The smallest absolute Gasteiger partial charge is 0.248 e. The predicted molar refractivity (Wildman–Crippen MR) is 81.0 cm³/mol. The fourth-order valence-electron chi connectivity index (χ4n) is 2.65. The monoisotopic (exact) mass is 277 g/mol. The summed E-state index contributed by atoms with van der Waals surface area (Å²) in [7, 11) is 1.76. The molecule has 0 saturated heterocycles. The summed E-state index contributed by atoms with van der Waals surface area (Å²) < 4.78 is 0. The zero-order valence-corrected chi connectivity index (χ0v) is 12.3. The molecule has 1 amide bonds. The van der Waals surface area contributed by atoms with Gasteiger partial charge in [-0.25, -0.2) is 0 Å². The number of anilines is 2. The molecule has 1 aliphatic heterocycles. The maximum atomic E-state index is 11.9. The first-order valence-corrected chi connectivity index (χ1v) is 7.02. The lowest BCUT2D eigenvalue weighted by molar-refractivity contribution is -0.118. The van der Waals surface area contributed by atoms with Crippen LogP contribution in [0.4, 0.5) is 11.4 Å². The van der Waals surface area contributed by atoms with Crippen LogP contribution in [0.15, 0.2) is 18.2 Å². The van der Waals surface area contributed by atoms with Crippen molar-refractivity contribution in [2.45, 2.75) is 32.4 Å². The Hall–Kier alpha value is -1.59. The first-order valence-electron chi connectivity index (χ1n) is 7.02. The van der Waals surface area contributed by atoms with Crippen LogP contribution in [0.2, 0.25) is 0 Å². The Morgan fingerprint density at radius 3 is 2.75 bits per heavy atom. The van der Waals surface area contributed by atoms with Crippen LogP contribution in [0.1, 0.15) is 31.9 Å². The summed E-state index contributed by atoms with van der Waals surface area (Å²) in [5.41, 5.74) is 8.73. The standard InChI is InChI=1S/C15H23N3O2/c1-10(2)18(7-4-8-19)11-5-6-12-13(9-11)17(3)15(20)14(12)16/h5-6,9-10,14,19H,4,7-8,16H2,1-3H3. The fourth-order valence-corrected chi connectivity index (χ4v) is 2.65. The molecule has 0 aliphatic carbocycles. The second-order valence-corrected chi connectivity index (χ2v) is 5.48. The van der Waals surface area contributed by atoms with Crippen LogP contribution in [-0.4, -0.2) is 37.3 Å². The highest BCUT2D eigenvalue weighted by Crippen LogP contribution is 2.36. The zero-order valence-electron chi connectivity index (χ0n) is 12.3. The summed E-state index contributed by atoms with van der Waals surface area (Å²) in [4.78, 5) is 15.7. The SMILES string of the molecule is CC(C)N(CCCO)c1ccc2c(c1)N(C)C(=O)C2N. The molecule has 0 spiro atoms. The minimum Gasteiger partial charge on any atom is -0.396 e. The molecule has 0 fully saturated rings. The third-order valence-corrected chi connectivity index (χ3v) is 3.82. The van der Waals surface area contributed by atoms with Gasteiger partial charge in [0, 0.05) is 37.5 Å². The molecule has 3 N–H and O–H groups in total. The van der Waals surface area contributed by atoms with Crippen LogP contribution in [-0.2, 0) is 4.79 Å². The van der Waals surface area contributed by atoms with Crippen molar-refractivity contribution in [1.82, 2.24) is 0 Å². The highest BCUT2D eigenvalue weighted by atomic mass is 16.3. The summed E-state index contributed by atoms with van der Waals surface area (Å²) in [6.07, 6.45) is 0.726. The second kappa shape index (κ2) is 5.81. The quantitative estimate of drug-likeness (QED) is 0.850. The third-order valence-electron chi connectivity index (χ3n) is 3.82. The number of amides is 1. The van der Waals surface area contributed by atoms with E-state index in [4.69, 9.17) is 10.8 Å². The van der Waals surface area contributed by atoms with Crippen LogP contribution in [0.25, 0.3) is 0 Å². The first-order chi connectivity index (χ1) is 9.47. The van der Waals surface area contributed by atoms with Gasteiger partial charge in [-0.3, -0.25) is 4.79 Å². The highest BCUT2D eigenvalue weighted by molar-refractivity contribution is 6.04. The maximum absolute atomic E-state index is 11.9. The zero-order chi connectivity index (χ0) is 14.9. The van der Waals surface area contributed by atoms with Crippen LogP contribution in [0, 0.1) is 0 Å². The molecule has 0 bridgehead atoms. The number of aliphatic hydroxyl groups excluding tert-OH is 1. The van der Waals surface area contributed by atoms with Gasteiger partial charge in [-0.15, -0.1) is 0 Å². The molecular weight excluding hydrogens is 254 g/mol. The number of carbonyl (C=O) groups excluding carboxylic acids is 1. The van der Waals surface area contributed by atoms with Gasteiger partial charge in [0.1, 0.15) is 6.04 Å². The minimum atomic E-state index is -0.547. The summed E-state index contributed by atoms with van der Waals surface area (Å²) >= 11 is 0. The largest absolute Gasteiger partial charge is 0.396 e. The molecule has 1 unspecified atom stereocenters. The maximum Gasteiger partial charge on any atom is 0.248 e. The van der Waals surface area contributed by atoms with Gasteiger partial charge in [0.05, 0.1) is 5.69 Å². The molecule has 0 radical (unpaired) electrons. The van der Waals surface area contributed by atoms with E-state index in [1.165, 1.54) is 0 Å². The molecule has 1 aromatic carbocycles. The summed E-state index contributed by atoms with van der Waals surface area (Å²) in [6, 6.07) is 5.73. The van der Waals surface area contributed by atoms with Crippen molar-refractivity contribution in [3.63, 3.8) is 0 Å². The van der Waals surface area contributed by atoms with Crippen LogP contribution in [0.3, 0.4) is 0 Å². The van der Waals surface area contributed by atoms with Gasteiger partial charge in [0.15, 0.2) is 0 Å². The molecule has 5 nitrogen and oxygen atoms in total. The van der Waals surface area contributed by atoms with E-state index in [1.807, 2.05) is 18.2 Å². The van der Waals surface area contributed by atoms with E-state index in [2.05, 4.69) is 18.7 Å². The number of fused-ring (bicyclic) bond motifs is 1. The fraction of sp³-hybridized carbons (Fsp3) is 0.533. The van der Waals surface area contributed by atoms with E-state index < -0.39 is 6.04 Å². The Bertz CT molecular complexity index is 502. The average Bonchev–Trinajstić information content (AvgIpc) is 2.64. The summed E-state index contributed by atoms with van der Waals surface area (Å²) in [5.74, 6) is -0.0661. The van der Waals surface area contributed by atoms with Gasteiger partial charge in [-0.05, 0) is 32.4 Å². The van der Waals surface area contributed by atoms with Crippen LogP contribution in [0.5, 0.6) is 0 Å². The van der Waals surface area contributed by atoms with Crippen molar-refractivity contribution >= 4 is 17.3 Å². The van der Waals surface area contributed by atoms with E-state index in [0.29, 0.717) is 6.04 Å². The van der Waals surface area contributed by atoms with E-state index in [-0.39, 0.29) is 12.5 Å². The van der Waals surface area contributed by atoms with Gasteiger partial charge >= 0.3 is 0 Å². The number of aliphatic hydroxyl groups is 1. The molecule has 5 heteroatoms. The number of benzene rings is 1. The average molecular weight is 277 g/mol. The van der Waals surface area contributed by atoms with E-state index >= 15 is 0 Å². The Morgan fingerprint density at radius 1 is 1.45 bits per heavy atom. The number of hydrogen-bond acceptors (Lipinski definition) is 4. The first kappa shape index (κ1) is 14.8. The molecule has 20 heavy (non-hydrogen) atoms. The highest BCUT2D eigenvalue weighted by Gasteiger charge is 2.32. The molecule has 1 aromatic rings. The molecule has 0 saturated carbocycles.